The predicted molar refractivity (Wildman–Crippen MR) is 103 cm³/mol. The molecule has 1 saturated heterocycles. The van der Waals surface area contributed by atoms with Gasteiger partial charge in [0.25, 0.3) is 0 Å². The van der Waals surface area contributed by atoms with E-state index in [2.05, 4.69) is 5.16 Å². The summed E-state index contributed by atoms with van der Waals surface area (Å²) in [5.41, 5.74) is 1.07. The molecular formula is C21H27N3O3. The summed E-state index contributed by atoms with van der Waals surface area (Å²) in [4.78, 5) is 28.8. The molecular weight excluding hydrogens is 342 g/mol. The number of benzene rings is 1. The van der Waals surface area contributed by atoms with E-state index in [9.17, 15) is 9.59 Å². The quantitative estimate of drug-likeness (QED) is 0.813. The zero-order chi connectivity index (χ0) is 19.4. The van der Waals surface area contributed by atoms with Crippen LogP contribution in [0, 0.1) is 5.41 Å². The summed E-state index contributed by atoms with van der Waals surface area (Å²) in [5.74, 6) is 0.803. The molecule has 6 nitrogen and oxygen atoms in total. The summed E-state index contributed by atoms with van der Waals surface area (Å²) in [6.07, 6.45) is 2.44. The van der Waals surface area contributed by atoms with E-state index in [4.69, 9.17) is 4.52 Å². The van der Waals surface area contributed by atoms with Crippen LogP contribution < -0.4 is 0 Å². The minimum Gasteiger partial charge on any atom is -0.361 e. The third kappa shape index (κ3) is 4.04. The van der Waals surface area contributed by atoms with Crippen LogP contribution in [0.4, 0.5) is 0 Å². The molecule has 2 heterocycles. The molecule has 0 aliphatic carbocycles. The Balaban J connectivity index is 1.87. The number of nitrogens with zero attached hydrogens (tertiary/aromatic N) is 3. The molecule has 0 saturated carbocycles. The molecule has 0 spiro atoms. The zero-order valence-corrected chi connectivity index (χ0v) is 16.3. The van der Waals surface area contributed by atoms with Gasteiger partial charge in [-0.2, -0.15) is 0 Å². The molecule has 1 fully saturated rings. The Bertz CT molecular complexity index is 800. The van der Waals surface area contributed by atoms with Gasteiger partial charge in [-0.05, 0) is 12.8 Å². The SMILES string of the molecule is CCC(=O)N1CCC[C@](Cc2cc(-c3ccccc3)no2)(C(=O)N(C)C)C1. The Kier molecular flexibility index (Phi) is 5.63. The fraction of sp³-hybridized carbons (Fsp3) is 0.476. The number of amides is 2. The fourth-order valence-corrected chi connectivity index (χ4v) is 3.91. The van der Waals surface area contributed by atoms with Gasteiger partial charge in [-0.25, -0.2) is 0 Å². The van der Waals surface area contributed by atoms with Gasteiger partial charge in [0, 0.05) is 51.7 Å². The van der Waals surface area contributed by atoms with Crippen LogP contribution in [-0.2, 0) is 16.0 Å². The number of rotatable bonds is 5. The van der Waals surface area contributed by atoms with Crippen LogP contribution in [0.5, 0.6) is 0 Å². The van der Waals surface area contributed by atoms with Crippen LogP contribution in [0.3, 0.4) is 0 Å². The van der Waals surface area contributed by atoms with E-state index < -0.39 is 5.41 Å². The molecule has 1 aliphatic heterocycles. The van der Waals surface area contributed by atoms with E-state index in [1.807, 2.05) is 48.2 Å². The molecule has 0 bridgehead atoms. The van der Waals surface area contributed by atoms with Crippen LogP contribution >= 0.6 is 0 Å². The Hall–Kier alpha value is -2.63. The van der Waals surface area contributed by atoms with Crippen molar-refractivity contribution in [2.24, 2.45) is 5.41 Å². The highest BCUT2D eigenvalue weighted by molar-refractivity contribution is 5.84. The Morgan fingerprint density at radius 1 is 1.26 bits per heavy atom. The summed E-state index contributed by atoms with van der Waals surface area (Å²) in [5, 5.41) is 4.18. The largest absolute Gasteiger partial charge is 0.361 e. The summed E-state index contributed by atoms with van der Waals surface area (Å²) in [6, 6.07) is 11.7. The lowest BCUT2D eigenvalue weighted by Gasteiger charge is -2.42. The number of hydrogen-bond donors (Lipinski definition) is 0. The molecule has 1 aliphatic rings. The van der Waals surface area contributed by atoms with Gasteiger partial charge in [-0.1, -0.05) is 42.4 Å². The van der Waals surface area contributed by atoms with Crippen molar-refractivity contribution in [3.8, 4) is 11.3 Å². The van der Waals surface area contributed by atoms with Crippen molar-refractivity contribution >= 4 is 11.8 Å². The van der Waals surface area contributed by atoms with Gasteiger partial charge in [0.1, 0.15) is 11.5 Å². The highest BCUT2D eigenvalue weighted by atomic mass is 16.5. The summed E-state index contributed by atoms with van der Waals surface area (Å²) in [6.45, 7) is 2.99. The lowest BCUT2D eigenvalue weighted by Crippen LogP contribution is -2.54. The van der Waals surface area contributed by atoms with Gasteiger partial charge in [-0.15, -0.1) is 0 Å². The van der Waals surface area contributed by atoms with E-state index in [1.54, 1.807) is 19.0 Å². The smallest absolute Gasteiger partial charge is 0.230 e. The number of carbonyl (C=O) groups excluding carboxylic acids is 2. The molecule has 2 amide bonds. The minimum atomic E-state index is -0.667. The van der Waals surface area contributed by atoms with E-state index in [0.717, 1.165) is 24.1 Å². The first-order chi connectivity index (χ1) is 12.9. The van der Waals surface area contributed by atoms with Gasteiger partial charge in [0.2, 0.25) is 11.8 Å². The lowest BCUT2D eigenvalue weighted by molar-refractivity contribution is -0.147. The van der Waals surface area contributed by atoms with Crippen LogP contribution in [0.1, 0.15) is 31.9 Å². The number of likely N-dealkylation sites (tertiary alicyclic amines) is 1. The first-order valence-corrected chi connectivity index (χ1v) is 9.46. The van der Waals surface area contributed by atoms with Crippen molar-refractivity contribution in [2.75, 3.05) is 27.2 Å². The first kappa shape index (κ1) is 19.1. The molecule has 144 valence electrons. The van der Waals surface area contributed by atoms with E-state index >= 15 is 0 Å². The van der Waals surface area contributed by atoms with Crippen LogP contribution in [0.2, 0.25) is 0 Å². The molecule has 1 aromatic carbocycles. The molecule has 0 radical (unpaired) electrons. The maximum absolute atomic E-state index is 13.1. The molecule has 1 aromatic heterocycles. The fourth-order valence-electron chi connectivity index (χ4n) is 3.91. The summed E-state index contributed by atoms with van der Waals surface area (Å²) in [7, 11) is 3.53. The third-order valence-electron chi connectivity index (χ3n) is 5.23. The van der Waals surface area contributed by atoms with Crippen molar-refractivity contribution in [1.29, 1.82) is 0 Å². The van der Waals surface area contributed by atoms with Gasteiger partial charge < -0.3 is 14.3 Å². The van der Waals surface area contributed by atoms with Crippen LogP contribution in [0.15, 0.2) is 40.9 Å². The average molecular weight is 369 g/mol. The maximum atomic E-state index is 13.1. The first-order valence-electron chi connectivity index (χ1n) is 9.46. The van der Waals surface area contributed by atoms with Crippen molar-refractivity contribution < 1.29 is 14.1 Å². The Labute approximate surface area is 160 Å². The molecule has 0 unspecified atom stereocenters. The summed E-state index contributed by atoms with van der Waals surface area (Å²) >= 11 is 0. The predicted octanol–water partition coefficient (Wildman–Crippen LogP) is 2.99. The third-order valence-corrected chi connectivity index (χ3v) is 5.23. The Morgan fingerprint density at radius 3 is 2.67 bits per heavy atom. The van der Waals surface area contributed by atoms with Gasteiger partial charge in [0.15, 0.2) is 0 Å². The number of aromatic nitrogens is 1. The summed E-state index contributed by atoms with van der Waals surface area (Å²) < 4.78 is 5.57. The Morgan fingerprint density at radius 2 is 2.00 bits per heavy atom. The molecule has 6 heteroatoms. The van der Waals surface area contributed by atoms with Crippen molar-refractivity contribution in [3.05, 3.63) is 42.2 Å². The van der Waals surface area contributed by atoms with Crippen molar-refractivity contribution in [2.45, 2.75) is 32.6 Å². The molecule has 2 aromatic rings. The lowest BCUT2D eigenvalue weighted by atomic mass is 9.75. The monoisotopic (exact) mass is 369 g/mol. The molecule has 1 atom stereocenters. The van der Waals surface area contributed by atoms with Crippen molar-refractivity contribution in [3.63, 3.8) is 0 Å². The topological polar surface area (TPSA) is 66.7 Å². The second kappa shape index (κ2) is 7.94. The average Bonchev–Trinajstić information content (AvgIpc) is 3.15. The molecule has 3 rings (SSSR count). The number of carbonyl (C=O) groups is 2. The van der Waals surface area contributed by atoms with Crippen molar-refractivity contribution in [1.82, 2.24) is 15.0 Å². The maximum Gasteiger partial charge on any atom is 0.230 e. The highest BCUT2D eigenvalue weighted by Gasteiger charge is 2.45. The standard InChI is InChI=1S/C21H27N3O3/c1-4-19(25)24-12-8-11-21(15-24,20(26)23(2)3)14-17-13-18(22-27-17)16-9-6-5-7-10-16/h5-7,9-10,13H,4,8,11-12,14-15H2,1-3H3/t21-/m1/s1. The number of hydrogen-bond acceptors (Lipinski definition) is 4. The molecule has 0 N–H and O–H groups in total. The zero-order valence-electron chi connectivity index (χ0n) is 16.3. The number of piperidine rings is 1. The van der Waals surface area contributed by atoms with Gasteiger partial charge in [-0.3, -0.25) is 9.59 Å². The second-order valence-electron chi connectivity index (χ2n) is 7.47. The van der Waals surface area contributed by atoms with Crippen LogP contribution in [0.25, 0.3) is 11.3 Å². The van der Waals surface area contributed by atoms with Gasteiger partial charge in [0.05, 0.1) is 5.41 Å². The van der Waals surface area contributed by atoms with Crippen LogP contribution in [-0.4, -0.2) is 54.0 Å². The minimum absolute atomic E-state index is 0.0359. The highest BCUT2D eigenvalue weighted by Crippen LogP contribution is 2.36. The molecule has 27 heavy (non-hydrogen) atoms. The van der Waals surface area contributed by atoms with E-state index in [-0.39, 0.29) is 11.8 Å². The second-order valence-corrected chi connectivity index (χ2v) is 7.47. The van der Waals surface area contributed by atoms with E-state index in [0.29, 0.717) is 31.7 Å². The normalized spacial score (nSPS) is 19.7. The van der Waals surface area contributed by atoms with E-state index in [1.165, 1.54) is 0 Å². The van der Waals surface area contributed by atoms with Gasteiger partial charge >= 0.3 is 0 Å².